The van der Waals surface area contributed by atoms with Crippen LogP contribution in [0.3, 0.4) is 0 Å². The maximum atomic E-state index is 11.7. The van der Waals surface area contributed by atoms with Crippen molar-refractivity contribution in [1.29, 1.82) is 0 Å². The fourth-order valence-corrected chi connectivity index (χ4v) is 2.60. The molecule has 0 aromatic carbocycles. The molecule has 1 aromatic heterocycles. The fourth-order valence-electron chi connectivity index (χ4n) is 1.90. The van der Waals surface area contributed by atoms with E-state index in [4.69, 9.17) is 0 Å². The van der Waals surface area contributed by atoms with Gasteiger partial charge in [0, 0.05) is 6.54 Å². The molecule has 1 aliphatic heterocycles. The van der Waals surface area contributed by atoms with Crippen LogP contribution >= 0.6 is 11.3 Å². The molecule has 1 aromatic rings. The highest BCUT2D eigenvalue weighted by molar-refractivity contribution is 7.13. The fraction of sp³-hybridized carbons (Fsp3) is 0.636. The van der Waals surface area contributed by atoms with Gasteiger partial charge in [-0.3, -0.25) is 4.79 Å². The van der Waals surface area contributed by atoms with Crippen molar-refractivity contribution in [2.45, 2.75) is 19.8 Å². The largest absolute Gasteiger partial charge is 0.351 e. The van der Waals surface area contributed by atoms with Crippen molar-refractivity contribution < 1.29 is 4.79 Å². The molecule has 88 valence electrons. The molecule has 1 amide bonds. The Bertz CT molecular complexity index is 358. The first-order chi connectivity index (χ1) is 7.75. The van der Waals surface area contributed by atoms with Crippen LogP contribution < -0.4 is 10.6 Å². The van der Waals surface area contributed by atoms with Crippen LogP contribution in [0.1, 0.15) is 27.5 Å². The van der Waals surface area contributed by atoms with Crippen LogP contribution in [0.5, 0.6) is 0 Å². The van der Waals surface area contributed by atoms with Gasteiger partial charge in [0.15, 0.2) is 0 Å². The summed E-state index contributed by atoms with van der Waals surface area (Å²) in [6.07, 6.45) is 3.94. The van der Waals surface area contributed by atoms with Crippen molar-refractivity contribution >= 4 is 17.2 Å². The molecule has 0 saturated carbocycles. The molecule has 1 aliphatic rings. The predicted octanol–water partition coefficient (Wildman–Crippen LogP) is 1.18. The molecular weight excluding hydrogens is 222 g/mol. The van der Waals surface area contributed by atoms with Gasteiger partial charge in [-0.15, -0.1) is 11.3 Å². The lowest BCUT2D eigenvalue weighted by molar-refractivity contribution is 0.0955. The summed E-state index contributed by atoms with van der Waals surface area (Å²) in [5.74, 6) is 0.736. The second-order valence-electron chi connectivity index (χ2n) is 4.15. The monoisotopic (exact) mass is 239 g/mol. The van der Waals surface area contributed by atoms with Gasteiger partial charge in [0.1, 0.15) is 4.88 Å². The maximum Gasteiger partial charge on any atom is 0.263 e. The van der Waals surface area contributed by atoms with Gasteiger partial charge in [-0.05, 0) is 38.8 Å². The van der Waals surface area contributed by atoms with Crippen LogP contribution in [0.15, 0.2) is 6.20 Å². The molecule has 1 fully saturated rings. The molecule has 4 nitrogen and oxygen atoms in total. The molecule has 0 radical (unpaired) electrons. The van der Waals surface area contributed by atoms with Gasteiger partial charge in [-0.1, -0.05) is 0 Å². The van der Waals surface area contributed by atoms with Gasteiger partial charge in [0.2, 0.25) is 0 Å². The summed E-state index contributed by atoms with van der Waals surface area (Å²) in [6.45, 7) is 4.88. The van der Waals surface area contributed by atoms with Crippen molar-refractivity contribution in [2.24, 2.45) is 5.92 Å². The summed E-state index contributed by atoms with van der Waals surface area (Å²) >= 11 is 1.44. The number of aryl methyl sites for hydroxylation is 1. The lowest BCUT2D eigenvalue weighted by Gasteiger charge is -2.08. The van der Waals surface area contributed by atoms with E-state index in [1.54, 1.807) is 6.20 Å². The Morgan fingerprint density at radius 3 is 3.25 bits per heavy atom. The third-order valence-corrected chi connectivity index (χ3v) is 3.76. The molecule has 0 aliphatic carbocycles. The van der Waals surface area contributed by atoms with Crippen LogP contribution in [-0.4, -0.2) is 30.5 Å². The van der Waals surface area contributed by atoms with Gasteiger partial charge in [-0.2, -0.15) is 0 Å². The number of nitrogens with one attached hydrogen (secondary N) is 2. The van der Waals surface area contributed by atoms with E-state index >= 15 is 0 Å². The van der Waals surface area contributed by atoms with E-state index in [2.05, 4.69) is 15.6 Å². The molecule has 1 atom stereocenters. The standard InChI is InChI=1S/C11H17N3OS/c1-8-14-7-10(16-8)11(15)13-5-3-9-2-4-12-6-9/h7,9,12H,2-6H2,1H3,(H,13,15). The summed E-state index contributed by atoms with van der Waals surface area (Å²) in [7, 11) is 0. The third-order valence-electron chi connectivity index (χ3n) is 2.85. The van der Waals surface area contributed by atoms with Crippen molar-refractivity contribution in [3.63, 3.8) is 0 Å². The van der Waals surface area contributed by atoms with E-state index in [-0.39, 0.29) is 5.91 Å². The van der Waals surface area contributed by atoms with E-state index in [1.165, 1.54) is 17.8 Å². The Balaban J connectivity index is 1.71. The molecule has 16 heavy (non-hydrogen) atoms. The maximum absolute atomic E-state index is 11.7. The predicted molar refractivity (Wildman–Crippen MR) is 64.8 cm³/mol. The summed E-state index contributed by atoms with van der Waals surface area (Å²) in [5, 5.41) is 7.20. The first kappa shape index (κ1) is 11.5. The lowest BCUT2D eigenvalue weighted by atomic mass is 10.1. The van der Waals surface area contributed by atoms with E-state index in [1.807, 2.05) is 6.92 Å². The molecule has 2 N–H and O–H groups in total. The van der Waals surface area contributed by atoms with Crippen LogP contribution in [0.25, 0.3) is 0 Å². The first-order valence-electron chi connectivity index (χ1n) is 5.67. The molecule has 1 unspecified atom stereocenters. The lowest BCUT2D eigenvalue weighted by Crippen LogP contribution is -2.25. The Hall–Kier alpha value is -0.940. The number of rotatable bonds is 4. The SMILES string of the molecule is Cc1ncc(C(=O)NCCC2CCNC2)s1. The van der Waals surface area contributed by atoms with Gasteiger partial charge < -0.3 is 10.6 Å². The number of nitrogens with zero attached hydrogens (tertiary/aromatic N) is 1. The van der Waals surface area contributed by atoms with Crippen molar-refractivity contribution in [3.05, 3.63) is 16.1 Å². The molecule has 2 rings (SSSR count). The summed E-state index contributed by atoms with van der Waals surface area (Å²) in [5.41, 5.74) is 0. The Labute approximate surface area is 99.5 Å². The quantitative estimate of drug-likeness (QED) is 0.829. The molecular formula is C11H17N3OS. The van der Waals surface area contributed by atoms with Gasteiger partial charge in [0.05, 0.1) is 11.2 Å². The normalized spacial score (nSPS) is 19.9. The average Bonchev–Trinajstić information content (AvgIpc) is 2.89. The molecule has 2 heterocycles. The zero-order valence-electron chi connectivity index (χ0n) is 9.45. The number of aromatic nitrogens is 1. The minimum Gasteiger partial charge on any atom is -0.351 e. The topological polar surface area (TPSA) is 54.0 Å². The number of thiazole rings is 1. The highest BCUT2D eigenvalue weighted by Crippen LogP contribution is 2.13. The summed E-state index contributed by atoms with van der Waals surface area (Å²) in [4.78, 5) is 16.5. The number of carbonyl (C=O) groups excluding carboxylic acids is 1. The highest BCUT2D eigenvalue weighted by atomic mass is 32.1. The molecule has 5 heteroatoms. The summed E-state index contributed by atoms with van der Waals surface area (Å²) in [6, 6.07) is 0. The minimum absolute atomic E-state index is 0.0107. The van der Waals surface area contributed by atoms with Crippen LogP contribution in [-0.2, 0) is 0 Å². The first-order valence-corrected chi connectivity index (χ1v) is 6.48. The Morgan fingerprint density at radius 2 is 2.62 bits per heavy atom. The zero-order chi connectivity index (χ0) is 11.4. The van der Waals surface area contributed by atoms with Crippen LogP contribution in [0.4, 0.5) is 0 Å². The van der Waals surface area contributed by atoms with Crippen molar-refractivity contribution in [3.8, 4) is 0 Å². The molecule has 0 spiro atoms. The number of carbonyl (C=O) groups is 1. The molecule has 1 saturated heterocycles. The van der Waals surface area contributed by atoms with E-state index in [9.17, 15) is 4.79 Å². The van der Waals surface area contributed by atoms with Crippen LogP contribution in [0, 0.1) is 12.8 Å². The number of hydrogen-bond acceptors (Lipinski definition) is 4. The molecule has 0 bridgehead atoms. The van der Waals surface area contributed by atoms with Gasteiger partial charge >= 0.3 is 0 Å². The van der Waals surface area contributed by atoms with E-state index < -0.39 is 0 Å². The average molecular weight is 239 g/mol. The Morgan fingerprint density at radius 1 is 1.75 bits per heavy atom. The summed E-state index contributed by atoms with van der Waals surface area (Å²) < 4.78 is 0. The smallest absolute Gasteiger partial charge is 0.263 e. The van der Waals surface area contributed by atoms with Gasteiger partial charge in [0.25, 0.3) is 5.91 Å². The highest BCUT2D eigenvalue weighted by Gasteiger charge is 2.14. The van der Waals surface area contributed by atoms with E-state index in [0.717, 1.165) is 37.0 Å². The van der Waals surface area contributed by atoms with Crippen molar-refractivity contribution in [1.82, 2.24) is 15.6 Å². The minimum atomic E-state index is 0.0107. The third kappa shape index (κ3) is 3.02. The van der Waals surface area contributed by atoms with Gasteiger partial charge in [-0.25, -0.2) is 4.98 Å². The zero-order valence-corrected chi connectivity index (χ0v) is 10.3. The second kappa shape index (κ2) is 5.41. The number of hydrogen-bond donors (Lipinski definition) is 2. The van der Waals surface area contributed by atoms with Crippen LogP contribution in [0.2, 0.25) is 0 Å². The Kier molecular flexibility index (Phi) is 3.90. The number of amides is 1. The van der Waals surface area contributed by atoms with Crippen molar-refractivity contribution in [2.75, 3.05) is 19.6 Å². The van der Waals surface area contributed by atoms with E-state index in [0.29, 0.717) is 4.88 Å². The second-order valence-corrected chi connectivity index (χ2v) is 5.38.